The van der Waals surface area contributed by atoms with Crippen LogP contribution in [0.15, 0.2) is 0 Å². The van der Waals surface area contributed by atoms with E-state index in [0.29, 0.717) is 18.9 Å². The van der Waals surface area contributed by atoms with Crippen LogP contribution in [0.4, 0.5) is 0 Å². The third-order valence-electron chi connectivity index (χ3n) is 3.94. The Kier molecular flexibility index (Phi) is 6.09. The van der Waals surface area contributed by atoms with Gasteiger partial charge in [-0.25, -0.2) is 0 Å². The van der Waals surface area contributed by atoms with Crippen LogP contribution < -0.4 is 11.1 Å². The molecule has 4 heteroatoms. The molecule has 0 aromatic heterocycles. The SMILES string of the molecule is CC1OCCC1CNC(=O)CCC(C)(C)CCN. The maximum Gasteiger partial charge on any atom is 0.220 e. The molecule has 0 radical (unpaired) electrons. The summed E-state index contributed by atoms with van der Waals surface area (Å²) in [5, 5.41) is 3.02. The van der Waals surface area contributed by atoms with Gasteiger partial charge in [0.25, 0.3) is 0 Å². The van der Waals surface area contributed by atoms with E-state index < -0.39 is 0 Å². The molecule has 1 saturated heterocycles. The second kappa shape index (κ2) is 7.10. The normalized spacial score (nSPS) is 24.2. The van der Waals surface area contributed by atoms with E-state index in [1.54, 1.807) is 0 Å². The van der Waals surface area contributed by atoms with Gasteiger partial charge in [-0.3, -0.25) is 4.79 Å². The molecular weight excluding hydrogens is 228 g/mol. The minimum atomic E-state index is 0.152. The predicted octanol–water partition coefficient (Wildman–Crippen LogP) is 1.68. The van der Waals surface area contributed by atoms with Crippen molar-refractivity contribution >= 4 is 5.91 Å². The highest BCUT2D eigenvalue weighted by atomic mass is 16.5. The molecule has 2 unspecified atom stereocenters. The average molecular weight is 256 g/mol. The summed E-state index contributed by atoms with van der Waals surface area (Å²) in [6.45, 7) is 8.67. The van der Waals surface area contributed by atoms with Crippen molar-refractivity contribution in [3.05, 3.63) is 0 Å². The third-order valence-corrected chi connectivity index (χ3v) is 3.94. The van der Waals surface area contributed by atoms with Crippen molar-refractivity contribution < 1.29 is 9.53 Å². The van der Waals surface area contributed by atoms with E-state index >= 15 is 0 Å². The number of amides is 1. The number of carbonyl (C=O) groups is 1. The van der Waals surface area contributed by atoms with Gasteiger partial charge in [0.1, 0.15) is 0 Å². The Labute approximate surface area is 111 Å². The molecule has 18 heavy (non-hydrogen) atoms. The summed E-state index contributed by atoms with van der Waals surface area (Å²) in [6.07, 6.45) is 3.79. The minimum Gasteiger partial charge on any atom is -0.378 e. The van der Waals surface area contributed by atoms with Crippen LogP contribution in [-0.2, 0) is 9.53 Å². The van der Waals surface area contributed by atoms with E-state index in [-0.39, 0.29) is 17.4 Å². The van der Waals surface area contributed by atoms with Gasteiger partial charge in [-0.1, -0.05) is 13.8 Å². The van der Waals surface area contributed by atoms with Crippen LogP contribution in [0.1, 0.15) is 46.5 Å². The maximum absolute atomic E-state index is 11.8. The van der Waals surface area contributed by atoms with Crippen LogP contribution in [0.3, 0.4) is 0 Å². The second-order valence-corrected chi connectivity index (χ2v) is 6.13. The van der Waals surface area contributed by atoms with Crippen LogP contribution in [-0.4, -0.2) is 31.7 Å². The van der Waals surface area contributed by atoms with Crippen LogP contribution in [0.25, 0.3) is 0 Å². The van der Waals surface area contributed by atoms with Gasteiger partial charge >= 0.3 is 0 Å². The van der Waals surface area contributed by atoms with Crippen molar-refractivity contribution in [2.75, 3.05) is 19.7 Å². The highest BCUT2D eigenvalue weighted by Gasteiger charge is 2.24. The highest BCUT2D eigenvalue weighted by molar-refractivity contribution is 5.75. The lowest BCUT2D eigenvalue weighted by Gasteiger charge is -2.23. The van der Waals surface area contributed by atoms with Gasteiger partial charge in [0.05, 0.1) is 6.10 Å². The van der Waals surface area contributed by atoms with Gasteiger partial charge in [0, 0.05) is 25.5 Å². The average Bonchev–Trinajstić information content (AvgIpc) is 2.70. The summed E-state index contributed by atoms with van der Waals surface area (Å²) in [5.74, 6) is 0.630. The minimum absolute atomic E-state index is 0.152. The largest absolute Gasteiger partial charge is 0.378 e. The number of hydrogen-bond donors (Lipinski definition) is 2. The van der Waals surface area contributed by atoms with Crippen molar-refractivity contribution in [3.8, 4) is 0 Å². The van der Waals surface area contributed by atoms with Gasteiger partial charge in [0.2, 0.25) is 5.91 Å². The molecule has 106 valence electrons. The Bertz CT molecular complexity index is 267. The summed E-state index contributed by atoms with van der Waals surface area (Å²) in [4.78, 5) is 11.8. The Hall–Kier alpha value is -0.610. The number of nitrogens with two attached hydrogens (primary N) is 1. The standard InChI is InChI=1S/C14H28N2O2/c1-11-12(5-9-18-11)10-16-13(17)4-6-14(2,3)7-8-15/h11-12H,4-10,15H2,1-3H3,(H,16,17). The molecule has 4 nitrogen and oxygen atoms in total. The third kappa shape index (κ3) is 5.36. The first-order valence-electron chi connectivity index (χ1n) is 7.03. The lowest BCUT2D eigenvalue weighted by atomic mass is 9.84. The second-order valence-electron chi connectivity index (χ2n) is 6.13. The van der Waals surface area contributed by atoms with Gasteiger partial charge in [0.15, 0.2) is 0 Å². The van der Waals surface area contributed by atoms with Gasteiger partial charge in [-0.05, 0) is 38.1 Å². The molecule has 3 N–H and O–H groups in total. The topological polar surface area (TPSA) is 64.3 Å². The van der Waals surface area contributed by atoms with Gasteiger partial charge in [-0.2, -0.15) is 0 Å². The summed E-state index contributed by atoms with van der Waals surface area (Å²) in [5.41, 5.74) is 5.73. The molecule has 0 bridgehead atoms. The van der Waals surface area contributed by atoms with Crippen molar-refractivity contribution in [2.24, 2.45) is 17.1 Å². The van der Waals surface area contributed by atoms with E-state index in [9.17, 15) is 4.79 Å². The van der Waals surface area contributed by atoms with Crippen LogP contribution in [0, 0.1) is 11.3 Å². The zero-order valence-electron chi connectivity index (χ0n) is 12.0. The molecule has 0 aliphatic carbocycles. The summed E-state index contributed by atoms with van der Waals surface area (Å²) >= 11 is 0. The fourth-order valence-corrected chi connectivity index (χ4v) is 2.35. The first-order valence-corrected chi connectivity index (χ1v) is 7.03. The number of hydrogen-bond acceptors (Lipinski definition) is 3. The Balaban J connectivity index is 2.17. The monoisotopic (exact) mass is 256 g/mol. The number of carbonyl (C=O) groups excluding carboxylic acids is 1. The van der Waals surface area contributed by atoms with Crippen molar-refractivity contribution in [1.82, 2.24) is 5.32 Å². The molecule has 1 rings (SSSR count). The summed E-state index contributed by atoms with van der Waals surface area (Å²) in [7, 11) is 0. The fourth-order valence-electron chi connectivity index (χ4n) is 2.35. The molecule has 0 spiro atoms. The quantitative estimate of drug-likeness (QED) is 0.728. The molecule has 2 atom stereocenters. The van der Waals surface area contributed by atoms with E-state index in [1.807, 2.05) is 0 Å². The van der Waals surface area contributed by atoms with Crippen molar-refractivity contribution in [1.29, 1.82) is 0 Å². The van der Waals surface area contributed by atoms with Crippen LogP contribution >= 0.6 is 0 Å². The molecule has 1 heterocycles. The molecule has 1 aliphatic heterocycles. The van der Waals surface area contributed by atoms with E-state index in [4.69, 9.17) is 10.5 Å². The fraction of sp³-hybridized carbons (Fsp3) is 0.929. The lowest BCUT2D eigenvalue weighted by Crippen LogP contribution is -2.32. The number of rotatable bonds is 7. The molecular formula is C14H28N2O2. The zero-order valence-corrected chi connectivity index (χ0v) is 12.0. The molecule has 0 aromatic rings. The Morgan fingerprint density at radius 3 is 2.72 bits per heavy atom. The number of nitrogens with one attached hydrogen (secondary N) is 1. The molecule has 1 amide bonds. The molecule has 0 saturated carbocycles. The first kappa shape index (κ1) is 15.4. The summed E-state index contributed by atoms with van der Waals surface area (Å²) in [6, 6.07) is 0. The lowest BCUT2D eigenvalue weighted by molar-refractivity contribution is -0.121. The maximum atomic E-state index is 11.8. The molecule has 1 aliphatic rings. The van der Waals surface area contributed by atoms with Gasteiger partial charge < -0.3 is 15.8 Å². The van der Waals surface area contributed by atoms with E-state index in [0.717, 1.165) is 32.4 Å². The highest BCUT2D eigenvalue weighted by Crippen LogP contribution is 2.25. The molecule has 0 aromatic carbocycles. The Morgan fingerprint density at radius 1 is 1.44 bits per heavy atom. The van der Waals surface area contributed by atoms with Crippen molar-refractivity contribution in [3.63, 3.8) is 0 Å². The first-order chi connectivity index (χ1) is 8.44. The predicted molar refractivity (Wildman–Crippen MR) is 73.2 cm³/mol. The van der Waals surface area contributed by atoms with Gasteiger partial charge in [-0.15, -0.1) is 0 Å². The van der Waals surface area contributed by atoms with Crippen molar-refractivity contribution in [2.45, 2.75) is 52.6 Å². The Morgan fingerprint density at radius 2 is 2.17 bits per heavy atom. The van der Waals surface area contributed by atoms with Crippen LogP contribution in [0.2, 0.25) is 0 Å². The smallest absolute Gasteiger partial charge is 0.220 e. The van der Waals surface area contributed by atoms with Crippen LogP contribution in [0.5, 0.6) is 0 Å². The molecule has 1 fully saturated rings. The summed E-state index contributed by atoms with van der Waals surface area (Å²) < 4.78 is 5.48. The zero-order chi connectivity index (χ0) is 13.6. The van der Waals surface area contributed by atoms with E-state index in [1.165, 1.54) is 0 Å². The number of ether oxygens (including phenoxy) is 1. The van der Waals surface area contributed by atoms with E-state index in [2.05, 4.69) is 26.1 Å².